The van der Waals surface area contributed by atoms with Crippen molar-refractivity contribution in [2.75, 3.05) is 11.1 Å². The fraction of sp³-hybridized carbons (Fsp3) is 0.100. The second-order valence-corrected chi connectivity index (χ2v) is 3.05. The largest absolute Gasteiger partial charge is 0.399 e. The molecule has 4 heteroatoms. The molecule has 4 nitrogen and oxygen atoms in total. The third-order valence-corrected chi connectivity index (χ3v) is 1.92. The molecule has 0 spiro atoms. The van der Waals surface area contributed by atoms with Crippen molar-refractivity contribution in [1.29, 1.82) is 0 Å². The Labute approximate surface area is 81.7 Å². The molecule has 72 valence electrons. The van der Waals surface area contributed by atoms with E-state index in [2.05, 4.69) is 10.5 Å². The molecule has 1 aromatic heterocycles. The number of nitrogens with zero attached hydrogens (tertiary/aromatic N) is 1. The van der Waals surface area contributed by atoms with Crippen molar-refractivity contribution < 1.29 is 4.52 Å². The highest BCUT2D eigenvalue weighted by Crippen LogP contribution is 2.20. The Bertz CT molecular complexity index is 436. The van der Waals surface area contributed by atoms with E-state index in [1.807, 2.05) is 31.2 Å². The molecule has 0 aliphatic heterocycles. The topological polar surface area (TPSA) is 64.1 Å². The lowest BCUT2D eigenvalue weighted by Gasteiger charge is -2.03. The molecule has 3 N–H and O–H groups in total. The Balaban J connectivity index is 2.23. The van der Waals surface area contributed by atoms with Crippen LogP contribution in [0.3, 0.4) is 0 Å². The lowest BCUT2D eigenvalue weighted by atomic mass is 10.2. The number of anilines is 3. The monoisotopic (exact) mass is 189 g/mol. The summed E-state index contributed by atoms with van der Waals surface area (Å²) >= 11 is 0. The van der Waals surface area contributed by atoms with Crippen molar-refractivity contribution in [2.45, 2.75) is 6.92 Å². The van der Waals surface area contributed by atoms with Crippen LogP contribution in [0.5, 0.6) is 0 Å². The zero-order valence-corrected chi connectivity index (χ0v) is 7.82. The number of nitrogens with one attached hydrogen (secondary N) is 1. The first-order chi connectivity index (χ1) is 6.75. The van der Waals surface area contributed by atoms with Crippen LogP contribution in [0.25, 0.3) is 0 Å². The van der Waals surface area contributed by atoms with Crippen LogP contribution in [-0.4, -0.2) is 5.16 Å². The molecule has 0 amide bonds. The number of hydrogen-bond acceptors (Lipinski definition) is 4. The molecule has 2 aromatic rings. The van der Waals surface area contributed by atoms with Crippen molar-refractivity contribution >= 4 is 17.1 Å². The Morgan fingerprint density at radius 2 is 2.29 bits per heavy atom. The maximum Gasteiger partial charge on any atom is 0.157 e. The predicted octanol–water partition coefficient (Wildman–Crippen LogP) is 2.31. The quantitative estimate of drug-likeness (QED) is 0.711. The summed E-state index contributed by atoms with van der Waals surface area (Å²) in [6.45, 7) is 1.85. The number of benzene rings is 1. The van der Waals surface area contributed by atoms with Crippen molar-refractivity contribution in [3.05, 3.63) is 36.2 Å². The Kier molecular flexibility index (Phi) is 2.10. The number of aromatic nitrogens is 1. The van der Waals surface area contributed by atoms with E-state index < -0.39 is 0 Å². The van der Waals surface area contributed by atoms with Gasteiger partial charge in [0.1, 0.15) is 5.69 Å². The van der Waals surface area contributed by atoms with Crippen LogP contribution in [0.15, 0.2) is 35.0 Å². The van der Waals surface area contributed by atoms with Gasteiger partial charge in [-0.05, 0) is 25.1 Å². The molecule has 0 saturated heterocycles. The standard InChI is InChI=1S/C10H11N3O/c1-7-10(6-12-14-7)13-9-4-2-3-8(11)5-9/h2-6,13H,11H2,1H3. The van der Waals surface area contributed by atoms with Gasteiger partial charge in [0.25, 0.3) is 0 Å². The SMILES string of the molecule is Cc1oncc1Nc1cccc(N)c1. The maximum absolute atomic E-state index is 5.65. The summed E-state index contributed by atoms with van der Waals surface area (Å²) in [6.07, 6.45) is 1.64. The van der Waals surface area contributed by atoms with Crippen LogP contribution in [0.2, 0.25) is 0 Å². The van der Waals surface area contributed by atoms with E-state index in [9.17, 15) is 0 Å². The highest BCUT2D eigenvalue weighted by atomic mass is 16.5. The minimum absolute atomic E-state index is 0.726. The zero-order chi connectivity index (χ0) is 9.97. The van der Waals surface area contributed by atoms with Gasteiger partial charge >= 0.3 is 0 Å². The fourth-order valence-corrected chi connectivity index (χ4v) is 1.19. The van der Waals surface area contributed by atoms with Gasteiger partial charge in [-0.25, -0.2) is 0 Å². The minimum atomic E-state index is 0.726. The highest BCUT2D eigenvalue weighted by molar-refractivity contribution is 5.63. The Morgan fingerprint density at radius 1 is 1.43 bits per heavy atom. The van der Waals surface area contributed by atoms with Crippen LogP contribution in [0.4, 0.5) is 17.1 Å². The molecule has 1 heterocycles. The van der Waals surface area contributed by atoms with E-state index in [0.717, 1.165) is 22.8 Å². The smallest absolute Gasteiger partial charge is 0.157 e. The molecule has 0 radical (unpaired) electrons. The van der Waals surface area contributed by atoms with Crippen LogP contribution < -0.4 is 11.1 Å². The Hall–Kier alpha value is -1.97. The first-order valence-corrected chi connectivity index (χ1v) is 4.29. The minimum Gasteiger partial charge on any atom is -0.399 e. The highest BCUT2D eigenvalue weighted by Gasteiger charge is 2.02. The molecule has 0 aliphatic rings. The van der Waals surface area contributed by atoms with Crippen molar-refractivity contribution in [1.82, 2.24) is 5.16 Å². The van der Waals surface area contributed by atoms with Gasteiger partial charge in [0, 0.05) is 11.4 Å². The van der Waals surface area contributed by atoms with Gasteiger partial charge in [0.05, 0.1) is 6.20 Å². The summed E-state index contributed by atoms with van der Waals surface area (Å²) in [5, 5.41) is 6.83. The molecule has 0 unspecified atom stereocenters. The third-order valence-electron chi connectivity index (χ3n) is 1.92. The average molecular weight is 189 g/mol. The summed E-state index contributed by atoms with van der Waals surface area (Å²) in [5.74, 6) is 0.757. The van der Waals surface area contributed by atoms with E-state index in [1.54, 1.807) is 6.20 Å². The molecule has 0 fully saturated rings. The molecular formula is C10H11N3O. The van der Waals surface area contributed by atoms with Crippen LogP contribution in [-0.2, 0) is 0 Å². The second-order valence-electron chi connectivity index (χ2n) is 3.05. The average Bonchev–Trinajstić information content (AvgIpc) is 2.52. The molecule has 1 aromatic carbocycles. The van der Waals surface area contributed by atoms with E-state index in [4.69, 9.17) is 10.3 Å². The van der Waals surface area contributed by atoms with Crippen LogP contribution in [0, 0.1) is 6.92 Å². The summed E-state index contributed by atoms with van der Waals surface area (Å²) in [5.41, 5.74) is 8.16. The molecule has 0 aliphatic carbocycles. The van der Waals surface area contributed by atoms with Crippen LogP contribution in [0.1, 0.15) is 5.76 Å². The van der Waals surface area contributed by atoms with Gasteiger partial charge in [-0.1, -0.05) is 11.2 Å². The Morgan fingerprint density at radius 3 is 2.93 bits per heavy atom. The van der Waals surface area contributed by atoms with Gasteiger partial charge in [-0.2, -0.15) is 0 Å². The lowest BCUT2D eigenvalue weighted by molar-refractivity contribution is 0.398. The number of rotatable bonds is 2. The van der Waals surface area contributed by atoms with Gasteiger partial charge in [0.2, 0.25) is 0 Å². The zero-order valence-electron chi connectivity index (χ0n) is 7.82. The molecular weight excluding hydrogens is 178 g/mol. The van der Waals surface area contributed by atoms with Crippen LogP contribution >= 0.6 is 0 Å². The van der Waals surface area contributed by atoms with E-state index in [1.165, 1.54) is 0 Å². The van der Waals surface area contributed by atoms with Gasteiger partial charge in [0.15, 0.2) is 5.76 Å². The summed E-state index contributed by atoms with van der Waals surface area (Å²) in [7, 11) is 0. The summed E-state index contributed by atoms with van der Waals surface area (Å²) < 4.78 is 4.92. The molecule has 0 saturated carbocycles. The lowest BCUT2D eigenvalue weighted by Crippen LogP contribution is -1.91. The fourth-order valence-electron chi connectivity index (χ4n) is 1.19. The first kappa shape index (κ1) is 8.62. The predicted molar refractivity (Wildman–Crippen MR) is 55.4 cm³/mol. The van der Waals surface area contributed by atoms with Gasteiger partial charge in [-0.3, -0.25) is 0 Å². The normalized spacial score (nSPS) is 10.1. The molecule has 0 atom stereocenters. The first-order valence-electron chi connectivity index (χ1n) is 4.29. The van der Waals surface area contributed by atoms with Gasteiger partial charge in [-0.15, -0.1) is 0 Å². The van der Waals surface area contributed by atoms with Gasteiger partial charge < -0.3 is 15.6 Å². The van der Waals surface area contributed by atoms with Crippen molar-refractivity contribution in [2.24, 2.45) is 0 Å². The third kappa shape index (κ3) is 1.69. The van der Waals surface area contributed by atoms with Crippen molar-refractivity contribution in [3.63, 3.8) is 0 Å². The number of nitrogen functional groups attached to an aromatic ring is 1. The molecule has 0 bridgehead atoms. The maximum atomic E-state index is 5.65. The molecule has 2 rings (SSSR count). The summed E-state index contributed by atoms with van der Waals surface area (Å²) in [4.78, 5) is 0. The number of hydrogen-bond donors (Lipinski definition) is 2. The molecule has 14 heavy (non-hydrogen) atoms. The summed E-state index contributed by atoms with van der Waals surface area (Å²) in [6, 6.07) is 7.52. The second kappa shape index (κ2) is 3.41. The number of nitrogens with two attached hydrogens (primary N) is 1. The van der Waals surface area contributed by atoms with Crippen molar-refractivity contribution in [3.8, 4) is 0 Å². The van der Waals surface area contributed by atoms with E-state index >= 15 is 0 Å². The van der Waals surface area contributed by atoms with E-state index in [-0.39, 0.29) is 0 Å². The number of aryl methyl sites for hydroxylation is 1. The van der Waals surface area contributed by atoms with E-state index in [0.29, 0.717) is 0 Å².